The number of amides is 3. The number of H-pyrrole nitrogens is 1. The molecule has 2 aromatic carbocycles. The SMILES string of the molecule is COc1ccc(CC2C(=O)NC(=O)N2Cc2ccc3[nH]cc(CCN)c3c2)cc1.O.O=C(O)/C=C\C(=O)O. The molecular weight excluding hydrogens is 496 g/mol. The molecule has 4 rings (SSSR count). The van der Waals surface area contributed by atoms with Crippen molar-refractivity contribution in [1.29, 1.82) is 0 Å². The Hall–Kier alpha value is -4.68. The molecule has 3 aromatic rings. The molecule has 1 saturated heterocycles. The molecule has 1 atom stereocenters. The van der Waals surface area contributed by atoms with E-state index in [1.54, 1.807) is 12.0 Å². The number of imide groups is 1. The third kappa shape index (κ3) is 7.66. The molecule has 1 fully saturated rings. The lowest BCUT2D eigenvalue weighted by atomic mass is 10.0. The molecule has 8 N–H and O–H groups in total. The quantitative estimate of drug-likeness (QED) is 0.202. The fourth-order valence-corrected chi connectivity index (χ4v) is 3.94. The predicted octanol–water partition coefficient (Wildman–Crippen LogP) is 1.23. The van der Waals surface area contributed by atoms with Crippen LogP contribution >= 0.6 is 0 Å². The van der Waals surface area contributed by atoms with Crippen LogP contribution in [-0.2, 0) is 33.8 Å². The van der Waals surface area contributed by atoms with Crippen molar-refractivity contribution in [3.05, 3.63) is 77.5 Å². The highest BCUT2D eigenvalue weighted by molar-refractivity contribution is 6.04. The molecule has 1 aromatic heterocycles. The zero-order chi connectivity index (χ0) is 26.9. The lowest BCUT2D eigenvalue weighted by Crippen LogP contribution is -2.36. The van der Waals surface area contributed by atoms with Crippen LogP contribution in [0.4, 0.5) is 4.79 Å². The number of nitrogens with two attached hydrogens (primary N) is 1. The lowest BCUT2D eigenvalue weighted by molar-refractivity contribution is -0.134. The van der Waals surface area contributed by atoms with Gasteiger partial charge >= 0.3 is 18.0 Å². The van der Waals surface area contributed by atoms with E-state index in [2.05, 4.69) is 16.4 Å². The summed E-state index contributed by atoms with van der Waals surface area (Å²) in [5.41, 5.74) is 9.84. The summed E-state index contributed by atoms with van der Waals surface area (Å²) >= 11 is 0. The number of fused-ring (bicyclic) bond motifs is 1. The van der Waals surface area contributed by atoms with Crippen LogP contribution in [0.1, 0.15) is 16.7 Å². The summed E-state index contributed by atoms with van der Waals surface area (Å²) in [6, 6.07) is 12.7. The Morgan fingerprint density at radius 3 is 2.26 bits per heavy atom. The number of carbonyl (C=O) groups is 4. The van der Waals surface area contributed by atoms with Crippen LogP contribution in [0.2, 0.25) is 0 Å². The zero-order valence-electron chi connectivity index (χ0n) is 20.6. The summed E-state index contributed by atoms with van der Waals surface area (Å²) in [5, 5.41) is 19.2. The van der Waals surface area contributed by atoms with E-state index >= 15 is 0 Å². The van der Waals surface area contributed by atoms with Crippen LogP contribution in [0, 0.1) is 0 Å². The summed E-state index contributed by atoms with van der Waals surface area (Å²) in [7, 11) is 1.61. The smallest absolute Gasteiger partial charge is 0.328 e. The van der Waals surface area contributed by atoms with Gasteiger partial charge in [0.15, 0.2) is 0 Å². The summed E-state index contributed by atoms with van der Waals surface area (Å²) in [5.74, 6) is -2.03. The number of carboxylic acids is 2. The van der Waals surface area contributed by atoms with Gasteiger partial charge in [-0.25, -0.2) is 14.4 Å². The normalized spacial score (nSPS) is 14.6. The van der Waals surface area contributed by atoms with E-state index < -0.39 is 18.0 Å². The molecule has 1 aliphatic heterocycles. The number of urea groups is 1. The number of nitrogens with one attached hydrogen (secondary N) is 2. The van der Waals surface area contributed by atoms with Gasteiger partial charge in [0.25, 0.3) is 5.91 Å². The molecule has 202 valence electrons. The minimum absolute atomic E-state index is 0. The van der Waals surface area contributed by atoms with Gasteiger partial charge in [-0.1, -0.05) is 18.2 Å². The highest BCUT2D eigenvalue weighted by atomic mass is 16.5. The Labute approximate surface area is 218 Å². The highest BCUT2D eigenvalue weighted by Crippen LogP contribution is 2.24. The van der Waals surface area contributed by atoms with E-state index in [1.165, 1.54) is 0 Å². The van der Waals surface area contributed by atoms with Crippen molar-refractivity contribution < 1.29 is 39.6 Å². The molecule has 3 amide bonds. The molecule has 12 nitrogen and oxygen atoms in total. The molecule has 1 unspecified atom stereocenters. The molecule has 0 spiro atoms. The van der Waals surface area contributed by atoms with Crippen molar-refractivity contribution in [2.24, 2.45) is 5.73 Å². The summed E-state index contributed by atoms with van der Waals surface area (Å²) < 4.78 is 5.18. The number of hydrogen-bond acceptors (Lipinski definition) is 6. The van der Waals surface area contributed by atoms with E-state index in [-0.39, 0.29) is 17.4 Å². The van der Waals surface area contributed by atoms with Gasteiger partial charge in [-0.3, -0.25) is 10.1 Å². The fourth-order valence-electron chi connectivity index (χ4n) is 3.94. The Bertz CT molecular complexity index is 1300. The zero-order valence-corrected chi connectivity index (χ0v) is 20.6. The third-order valence-corrected chi connectivity index (χ3v) is 5.72. The van der Waals surface area contributed by atoms with Gasteiger partial charge in [0.05, 0.1) is 7.11 Å². The highest BCUT2D eigenvalue weighted by Gasteiger charge is 2.38. The number of carbonyl (C=O) groups excluding carboxylic acids is 2. The van der Waals surface area contributed by atoms with E-state index in [0.717, 1.165) is 39.8 Å². The van der Waals surface area contributed by atoms with Crippen LogP contribution in [0.3, 0.4) is 0 Å². The first-order chi connectivity index (χ1) is 17.7. The first-order valence-corrected chi connectivity index (χ1v) is 11.4. The Kier molecular flexibility index (Phi) is 10.6. The molecule has 0 radical (unpaired) electrons. The number of rotatable bonds is 9. The van der Waals surface area contributed by atoms with Crippen molar-refractivity contribution >= 4 is 34.8 Å². The van der Waals surface area contributed by atoms with Gasteiger partial charge in [0, 0.05) is 42.2 Å². The molecule has 0 bridgehead atoms. The number of aliphatic carboxylic acids is 2. The largest absolute Gasteiger partial charge is 0.497 e. The van der Waals surface area contributed by atoms with Crippen molar-refractivity contribution in [2.75, 3.05) is 13.7 Å². The van der Waals surface area contributed by atoms with Crippen molar-refractivity contribution in [3.63, 3.8) is 0 Å². The van der Waals surface area contributed by atoms with E-state index in [0.29, 0.717) is 31.7 Å². The van der Waals surface area contributed by atoms with Gasteiger partial charge in [-0.05, 0) is 53.9 Å². The number of aromatic amines is 1. The maximum Gasteiger partial charge on any atom is 0.328 e. The Balaban J connectivity index is 0.000000493. The molecule has 0 saturated carbocycles. The first-order valence-electron chi connectivity index (χ1n) is 11.4. The number of aromatic nitrogens is 1. The third-order valence-electron chi connectivity index (χ3n) is 5.72. The Morgan fingerprint density at radius 1 is 1.05 bits per heavy atom. The summed E-state index contributed by atoms with van der Waals surface area (Å²) in [6.45, 7) is 0.936. The average Bonchev–Trinajstić information content (AvgIpc) is 3.39. The number of ether oxygens (including phenoxy) is 1. The minimum Gasteiger partial charge on any atom is -0.497 e. The summed E-state index contributed by atoms with van der Waals surface area (Å²) in [4.78, 5) is 48.8. The topological polar surface area (TPSA) is 207 Å². The van der Waals surface area contributed by atoms with E-state index in [9.17, 15) is 19.2 Å². The number of benzene rings is 2. The number of carboxylic acid groups (broad SMARTS) is 2. The monoisotopic (exact) mass is 526 g/mol. The van der Waals surface area contributed by atoms with Gasteiger partial charge in [0.1, 0.15) is 11.8 Å². The Morgan fingerprint density at radius 2 is 1.68 bits per heavy atom. The maximum atomic E-state index is 12.4. The second kappa shape index (κ2) is 13.6. The second-order valence-electron chi connectivity index (χ2n) is 8.23. The van der Waals surface area contributed by atoms with Crippen LogP contribution < -0.4 is 15.8 Å². The number of nitrogens with zero attached hydrogens (tertiary/aromatic N) is 1. The maximum absolute atomic E-state index is 12.4. The number of methoxy groups -OCH3 is 1. The average molecular weight is 527 g/mol. The van der Waals surface area contributed by atoms with Crippen molar-refractivity contribution in [3.8, 4) is 5.75 Å². The van der Waals surface area contributed by atoms with E-state index in [1.807, 2.05) is 42.6 Å². The molecule has 12 heteroatoms. The van der Waals surface area contributed by atoms with Crippen LogP contribution in [-0.4, -0.2) is 69.1 Å². The van der Waals surface area contributed by atoms with Gasteiger partial charge in [-0.15, -0.1) is 0 Å². The van der Waals surface area contributed by atoms with Crippen LogP contribution in [0.15, 0.2) is 60.8 Å². The number of hydrogen-bond donors (Lipinski definition) is 5. The van der Waals surface area contributed by atoms with Crippen LogP contribution in [0.25, 0.3) is 10.9 Å². The van der Waals surface area contributed by atoms with Gasteiger partial charge in [0.2, 0.25) is 0 Å². The molecule has 2 heterocycles. The molecule has 38 heavy (non-hydrogen) atoms. The fraction of sp³-hybridized carbons (Fsp3) is 0.231. The van der Waals surface area contributed by atoms with E-state index in [4.69, 9.17) is 20.7 Å². The standard InChI is InChI=1S/C22H24N4O3.C4H4O4.H2O/c1-29-17-5-2-14(3-6-17)11-20-21(27)25-22(28)26(20)13-15-4-7-19-18(10-15)16(8-9-23)12-24-19;5-3(6)1-2-4(7)8;/h2-7,10,12,20,24H,8-9,11,13,23H2,1H3,(H,25,27,28);1-2H,(H,5,6)(H,7,8);1H2/b;2-1-;. The second-order valence-corrected chi connectivity index (χ2v) is 8.23. The predicted molar refractivity (Wildman–Crippen MR) is 139 cm³/mol. The lowest BCUT2D eigenvalue weighted by Gasteiger charge is -2.22. The van der Waals surface area contributed by atoms with Crippen molar-refractivity contribution in [2.45, 2.75) is 25.4 Å². The first kappa shape index (κ1) is 29.5. The summed E-state index contributed by atoms with van der Waals surface area (Å²) in [6.07, 6.45) is 4.32. The minimum atomic E-state index is -1.26. The molecular formula is C26H30N4O8. The van der Waals surface area contributed by atoms with Gasteiger partial charge in [-0.2, -0.15) is 0 Å². The van der Waals surface area contributed by atoms with Gasteiger partial charge < -0.3 is 36.0 Å². The van der Waals surface area contributed by atoms with Crippen LogP contribution in [0.5, 0.6) is 5.75 Å². The molecule has 1 aliphatic rings. The van der Waals surface area contributed by atoms with Crippen molar-refractivity contribution in [1.82, 2.24) is 15.2 Å². The molecule has 0 aliphatic carbocycles.